The molecule has 0 heterocycles. The zero-order valence-corrected chi connectivity index (χ0v) is 19.2. The van der Waals surface area contributed by atoms with Crippen LogP contribution in [0.3, 0.4) is 0 Å². The fourth-order valence-electron chi connectivity index (χ4n) is 3.81. The Balaban J connectivity index is 2.59. The summed E-state index contributed by atoms with van der Waals surface area (Å²) >= 11 is 0. The second-order valence-corrected chi connectivity index (χ2v) is 8.74. The Bertz CT molecular complexity index is 877. The van der Waals surface area contributed by atoms with Crippen LogP contribution in [0.2, 0.25) is 0 Å². The largest absolute Gasteiger partial charge is 0.492 e. The molecular weight excluding hydrogens is 398 g/mol. The summed E-state index contributed by atoms with van der Waals surface area (Å²) in [7, 11) is 0. The third-order valence-electron chi connectivity index (χ3n) is 5.50. The van der Waals surface area contributed by atoms with Gasteiger partial charge in [-0.25, -0.2) is 13.6 Å². The van der Waals surface area contributed by atoms with E-state index < -0.39 is 12.4 Å². The Morgan fingerprint density at radius 1 is 1.16 bits per heavy atom. The molecule has 170 valence electrons. The zero-order valence-electron chi connectivity index (χ0n) is 19.2. The number of hydrogen-bond donors (Lipinski definition) is 1. The Labute approximate surface area is 184 Å². The molecule has 1 N–H and O–H groups in total. The number of aliphatic carboxylic acids is 1. The second kappa shape index (κ2) is 11.3. The summed E-state index contributed by atoms with van der Waals surface area (Å²) in [4.78, 5) is 10.9. The first-order valence-corrected chi connectivity index (χ1v) is 11.0. The van der Waals surface area contributed by atoms with Crippen LogP contribution in [0.4, 0.5) is 8.78 Å². The summed E-state index contributed by atoms with van der Waals surface area (Å²) in [6, 6.07) is 4.28. The van der Waals surface area contributed by atoms with Crippen molar-refractivity contribution in [2.45, 2.75) is 78.6 Å². The van der Waals surface area contributed by atoms with Gasteiger partial charge in [0, 0.05) is 18.1 Å². The van der Waals surface area contributed by atoms with Crippen molar-refractivity contribution in [3.05, 3.63) is 58.2 Å². The quantitative estimate of drug-likeness (QED) is 0.308. The maximum absolute atomic E-state index is 12.8. The topological polar surface area (TPSA) is 46.5 Å². The van der Waals surface area contributed by atoms with Gasteiger partial charge in [-0.15, -0.1) is 0 Å². The van der Waals surface area contributed by atoms with E-state index in [9.17, 15) is 13.6 Å². The second-order valence-electron chi connectivity index (χ2n) is 8.74. The summed E-state index contributed by atoms with van der Waals surface area (Å²) in [5.74, 6) is 0.262. The highest BCUT2D eigenvalue weighted by Gasteiger charge is 2.23. The van der Waals surface area contributed by atoms with Gasteiger partial charge in [0.1, 0.15) is 5.75 Å². The van der Waals surface area contributed by atoms with E-state index in [-0.39, 0.29) is 18.9 Å². The smallest absolute Gasteiger partial charge is 0.328 e. The van der Waals surface area contributed by atoms with Gasteiger partial charge in [-0.3, -0.25) is 0 Å². The summed E-state index contributed by atoms with van der Waals surface area (Å²) in [5.41, 5.74) is 6.20. The third kappa shape index (κ3) is 7.05. The maximum Gasteiger partial charge on any atom is 0.328 e. The summed E-state index contributed by atoms with van der Waals surface area (Å²) in [6.45, 7) is 10.2. The van der Waals surface area contributed by atoms with Gasteiger partial charge in [-0.05, 0) is 71.9 Å². The number of hydrogen-bond acceptors (Lipinski definition) is 2. The van der Waals surface area contributed by atoms with Crippen LogP contribution >= 0.6 is 0 Å². The number of allylic oxidation sites excluding steroid dienone is 5. The van der Waals surface area contributed by atoms with E-state index in [0.717, 1.165) is 41.5 Å². The lowest BCUT2D eigenvalue weighted by molar-refractivity contribution is -0.131. The molecular formula is C26H34F2O3. The summed E-state index contributed by atoms with van der Waals surface area (Å²) < 4.78 is 31.5. The third-order valence-corrected chi connectivity index (χ3v) is 5.50. The maximum atomic E-state index is 12.8. The minimum Gasteiger partial charge on any atom is -0.492 e. The van der Waals surface area contributed by atoms with E-state index in [2.05, 4.69) is 39.8 Å². The average molecular weight is 433 g/mol. The molecule has 1 aliphatic rings. The zero-order chi connectivity index (χ0) is 23.1. The highest BCUT2D eigenvalue weighted by atomic mass is 19.3. The molecule has 1 aromatic carbocycles. The monoisotopic (exact) mass is 432 g/mol. The number of carboxylic acids is 1. The van der Waals surface area contributed by atoms with Gasteiger partial charge in [0.25, 0.3) is 0 Å². The lowest BCUT2D eigenvalue weighted by atomic mass is 9.88. The van der Waals surface area contributed by atoms with E-state index in [4.69, 9.17) is 9.84 Å². The minimum absolute atomic E-state index is 0.0235. The Hall–Kier alpha value is -2.43. The molecule has 0 aromatic heterocycles. The molecule has 0 amide bonds. The van der Waals surface area contributed by atoms with Crippen molar-refractivity contribution >= 4 is 11.5 Å². The van der Waals surface area contributed by atoms with Crippen LogP contribution < -0.4 is 4.74 Å². The molecule has 0 aliphatic heterocycles. The molecule has 0 atom stereocenters. The lowest BCUT2D eigenvalue weighted by Crippen LogP contribution is -2.09. The number of carboxylic acid groups (broad SMARTS) is 1. The molecule has 0 radical (unpaired) electrons. The molecule has 1 aromatic rings. The Morgan fingerprint density at radius 2 is 1.87 bits per heavy atom. The standard InChI is InChI=1S/C26H34F2O3/c1-16(2)20-14-22(17(3)4)26(31-12-11-24(27)28)23(15-20)21-8-6-7-19(21)10-9-18(5)13-25(29)30/h9-10,13-17,24H,6-8,11-12H2,1-5H3,(H,29,30)/b10-9+,18-13+. The first-order valence-electron chi connectivity index (χ1n) is 11.0. The van der Waals surface area contributed by atoms with Gasteiger partial charge >= 0.3 is 5.97 Å². The first-order chi connectivity index (χ1) is 14.6. The Morgan fingerprint density at radius 3 is 2.45 bits per heavy atom. The van der Waals surface area contributed by atoms with E-state index in [1.54, 1.807) is 6.92 Å². The molecule has 0 saturated carbocycles. The van der Waals surface area contributed by atoms with Crippen molar-refractivity contribution in [3.63, 3.8) is 0 Å². The fourth-order valence-corrected chi connectivity index (χ4v) is 3.81. The van der Waals surface area contributed by atoms with Gasteiger partial charge < -0.3 is 9.84 Å². The van der Waals surface area contributed by atoms with Gasteiger partial charge in [0.05, 0.1) is 6.61 Å². The molecule has 0 fully saturated rings. The van der Waals surface area contributed by atoms with Gasteiger partial charge in [-0.1, -0.05) is 45.9 Å². The van der Waals surface area contributed by atoms with Crippen LogP contribution in [0.25, 0.3) is 5.57 Å². The van der Waals surface area contributed by atoms with E-state index in [0.29, 0.717) is 17.2 Å². The van der Waals surface area contributed by atoms with Crippen LogP contribution in [0.1, 0.15) is 88.8 Å². The van der Waals surface area contributed by atoms with Crippen molar-refractivity contribution in [2.24, 2.45) is 0 Å². The van der Waals surface area contributed by atoms with Crippen LogP contribution in [0.15, 0.2) is 41.5 Å². The van der Waals surface area contributed by atoms with E-state index in [1.165, 1.54) is 11.6 Å². The lowest BCUT2D eigenvalue weighted by Gasteiger charge is -2.22. The van der Waals surface area contributed by atoms with Gasteiger partial charge in [0.15, 0.2) is 0 Å². The molecule has 1 aliphatic carbocycles. The molecule has 31 heavy (non-hydrogen) atoms. The molecule has 0 unspecified atom stereocenters. The van der Waals surface area contributed by atoms with Crippen molar-refractivity contribution < 1.29 is 23.4 Å². The molecule has 0 bridgehead atoms. The highest BCUT2D eigenvalue weighted by molar-refractivity contribution is 5.81. The van der Waals surface area contributed by atoms with Crippen LogP contribution in [-0.4, -0.2) is 24.1 Å². The van der Waals surface area contributed by atoms with Crippen molar-refractivity contribution in [2.75, 3.05) is 6.61 Å². The van der Waals surface area contributed by atoms with E-state index >= 15 is 0 Å². The predicted octanol–water partition coefficient (Wildman–Crippen LogP) is 7.49. The molecule has 0 spiro atoms. The SMILES string of the molecule is CC(/C=C/C1=C(c2cc(C(C)C)cc(C(C)C)c2OCCC(F)F)CCC1)=C\C(=O)O. The summed E-state index contributed by atoms with van der Waals surface area (Å²) in [5, 5.41) is 8.94. The molecule has 3 nitrogen and oxygen atoms in total. The normalized spacial score (nSPS) is 15.2. The predicted molar refractivity (Wildman–Crippen MR) is 122 cm³/mol. The van der Waals surface area contributed by atoms with Crippen molar-refractivity contribution in [3.8, 4) is 5.75 Å². The average Bonchev–Trinajstić information content (AvgIpc) is 3.13. The van der Waals surface area contributed by atoms with Crippen LogP contribution in [0, 0.1) is 0 Å². The number of ether oxygens (including phenoxy) is 1. The molecule has 5 heteroatoms. The highest BCUT2D eigenvalue weighted by Crippen LogP contribution is 2.43. The number of benzene rings is 1. The number of alkyl halides is 2. The van der Waals surface area contributed by atoms with Gasteiger partial charge in [-0.2, -0.15) is 0 Å². The summed E-state index contributed by atoms with van der Waals surface area (Å²) in [6.07, 6.45) is 5.06. The number of rotatable bonds is 10. The fraction of sp³-hybridized carbons (Fsp3) is 0.500. The van der Waals surface area contributed by atoms with Crippen molar-refractivity contribution in [1.29, 1.82) is 0 Å². The van der Waals surface area contributed by atoms with Crippen LogP contribution in [-0.2, 0) is 4.79 Å². The van der Waals surface area contributed by atoms with Crippen molar-refractivity contribution in [1.82, 2.24) is 0 Å². The van der Waals surface area contributed by atoms with Gasteiger partial charge in [0.2, 0.25) is 6.43 Å². The minimum atomic E-state index is -2.39. The molecule has 2 rings (SSSR count). The first kappa shape index (κ1) is 24.8. The number of carbonyl (C=O) groups is 1. The molecule has 0 saturated heterocycles. The Kier molecular flexibility index (Phi) is 9.02. The van der Waals surface area contributed by atoms with E-state index in [1.807, 2.05) is 12.2 Å². The number of halogens is 2. The van der Waals surface area contributed by atoms with Crippen LogP contribution in [0.5, 0.6) is 5.75 Å².